The van der Waals surface area contributed by atoms with Crippen LogP contribution in [0, 0.1) is 5.92 Å². The fourth-order valence-electron chi connectivity index (χ4n) is 2.36. The summed E-state index contributed by atoms with van der Waals surface area (Å²) in [5, 5.41) is 9.53. The van der Waals surface area contributed by atoms with Crippen molar-refractivity contribution in [3.63, 3.8) is 0 Å². The molecule has 0 amide bonds. The Kier molecular flexibility index (Phi) is 4.77. The van der Waals surface area contributed by atoms with E-state index in [9.17, 15) is 5.11 Å². The minimum Gasteiger partial charge on any atom is -0.389 e. The van der Waals surface area contributed by atoms with Crippen LogP contribution in [-0.4, -0.2) is 36.4 Å². The topological polar surface area (TPSA) is 45.6 Å². The Labute approximate surface area is 115 Å². The average Bonchev–Trinajstić information content (AvgIpc) is 3.23. The number of hydrogen-bond acceptors (Lipinski definition) is 4. The average molecular weight is 264 g/mol. The molecule has 0 aliphatic heterocycles. The monoisotopic (exact) mass is 264 g/mol. The summed E-state index contributed by atoms with van der Waals surface area (Å²) in [5.41, 5.74) is 0.856. The highest BCUT2D eigenvalue weighted by molar-refractivity contribution is 5.41. The first-order valence-corrected chi connectivity index (χ1v) is 7.03. The van der Waals surface area contributed by atoms with E-state index < -0.39 is 6.10 Å². The minimum absolute atomic E-state index is 0.463. The molecule has 19 heavy (non-hydrogen) atoms. The maximum Gasteiger partial charge on any atom is 0.128 e. The molecule has 1 heterocycles. The number of rotatable bonds is 7. The van der Waals surface area contributed by atoms with E-state index in [1.165, 1.54) is 12.8 Å². The molecule has 1 aliphatic carbocycles. The first-order chi connectivity index (χ1) is 9.13. The highest BCUT2D eigenvalue weighted by Crippen LogP contribution is 2.36. The van der Waals surface area contributed by atoms with Crippen molar-refractivity contribution in [2.24, 2.45) is 5.92 Å². The molecule has 2 atom stereocenters. The third kappa shape index (κ3) is 3.67. The number of anilines is 1. The van der Waals surface area contributed by atoms with Crippen LogP contribution in [0.2, 0.25) is 0 Å². The lowest BCUT2D eigenvalue weighted by Crippen LogP contribution is -2.37. The van der Waals surface area contributed by atoms with Crippen LogP contribution in [0.15, 0.2) is 18.3 Å². The molecule has 4 nitrogen and oxygen atoms in total. The van der Waals surface area contributed by atoms with Crippen molar-refractivity contribution in [2.45, 2.75) is 38.8 Å². The molecule has 1 aromatic heterocycles. The quantitative estimate of drug-likeness (QED) is 0.821. The van der Waals surface area contributed by atoms with Gasteiger partial charge in [0.1, 0.15) is 5.82 Å². The molecule has 1 aliphatic rings. The maximum absolute atomic E-state index is 9.53. The summed E-state index contributed by atoms with van der Waals surface area (Å²) >= 11 is 0. The van der Waals surface area contributed by atoms with Crippen LogP contribution in [0.4, 0.5) is 5.82 Å². The molecule has 4 heteroatoms. The number of aromatic nitrogens is 1. The van der Waals surface area contributed by atoms with Gasteiger partial charge in [-0.15, -0.1) is 0 Å². The Hall–Kier alpha value is -1.13. The van der Waals surface area contributed by atoms with Gasteiger partial charge in [0, 0.05) is 25.9 Å². The van der Waals surface area contributed by atoms with Gasteiger partial charge in [-0.1, -0.05) is 6.07 Å². The minimum atomic E-state index is -0.463. The molecule has 0 aromatic carbocycles. The lowest BCUT2D eigenvalue weighted by Gasteiger charge is -2.30. The third-order valence-corrected chi connectivity index (χ3v) is 3.88. The van der Waals surface area contributed by atoms with Crippen molar-refractivity contribution < 1.29 is 9.84 Å². The van der Waals surface area contributed by atoms with Gasteiger partial charge in [-0.05, 0) is 44.2 Å². The van der Waals surface area contributed by atoms with Crippen molar-refractivity contribution in [1.29, 1.82) is 0 Å². The Morgan fingerprint density at radius 3 is 2.63 bits per heavy atom. The van der Waals surface area contributed by atoms with Crippen LogP contribution in [0.25, 0.3) is 0 Å². The largest absolute Gasteiger partial charge is 0.389 e. The molecule has 1 unspecified atom stereocenters. The molecular weight excluding hydrogens is 240 g/mol. The van der Waals surface area contributed by atoms with Gasteiger partial charge in [-0.3, -0.25) is 0 Å². The van der Waals surface area contributed by atoms with E-state index in [0.717, 1.165) is 23.8 Å². The molecule has 0 saturated heterocycles. The SMILES string of the molecule is COCCN(c1ccc([C@H](C)O)cn1)C(C)C1CC1. The number of pyridine rings is 1. The lowest BCUT2D eigenvalue weighted by molar-refractivity contribution is 0.198. The summed E-state index contributed by atoms with van der Waals surface area (Å²) in [6.07, 6.45) is 3.93. The Morgan fingerprint density at radius 1 is 1.42 bits per heavy atom. The molecule has 0 spiro atoms. The van der Waals surface area contributed by atoms with E-state index in [0.29, 0.717) is 12.6 Å². The fraction of sp³-hybridized carbons (Fsp3) is 0.667. The summed E-state index contributed by atoms with van der Waals surface area (Å²) in [7, 11) is 1.73. The van der Waals surface area contributed by atoms with Crippen molar-refractivity contribution in [1.82, 2.24) is 4.98 Å². The van der Waals surface area contributed by atoms with Crippen LogP contribution in [0.3, 0.4) is 0 Å². The normalized spacial score (nSPS) is 18.1. The lowest BCUT2D eigenvalue weighted by atomic mass is 10.1. The summed E-state index contributed by atoms with van der Waals surface area (Å²) in [5.74, 6) is 1.76. The first-order valence-electron chi connectivity index (χ1n) is 7.03. The van der Waals surface area contributed by atoms with Gasteiger partial charge in [0.15, 0.2) is 0 Å². The van der Waals surface area contributed by atoms with Gasteiger partial charge in [0.2, 0.25) is 0 Å². The van der Waals surface area contributed by atoms with E-state index in [1.807, 2.05) is 12.1 Å². The van der Waals surface area contributed by atoms with Crippen molar-refractivity contribution >= 4 is 5.82 Å². The number of hydrogen-bond donors (Lipinski definition) is 1. The van der Waals surface area contributed by atoms with Gasteiger partial charge < -0.3 is 14.7 Å². The van der Waals surface area contributed by atoms with Gasteiger partial charge >= 0.3 is 0 Å². The third-order valence-electron chi connectivity index (χ3n) is 3.88. The molecular formula is C15H24N2O2. The standard InChI is InChI=1S/C15H24N2O2/c1-11(13-4-5-13)17(8-9-19-3)15-7-6-14(10-16-15)12(2)18/h6-7,10-13,18H,4-5,8-9H2,1-3H3/t11?,12-/m0/s1. The highest BCUT2D eigenvalue weighted by atomic mass is 16.5. The van der Waals surface area contributed by atoms with Crippen LogP contribution in [-0.2, 0) is 4.74 Å². The summed E-state index contributed by atoms with van der Waals surface area (Å²) in [4.78, 5) is 6.81. The molecule has 0 radical (unpaired) electrons. The second-order valence-corrected chi connectivity index (χ2v) is 5.39. The molecule has 106 valence electrons. The summed E-state index contributed by atoms with van der Waals surface area (Å²) in [6.45, 7) is 5.58. The number of methoxy groups -OCH3 is 1. The van der Waals surface area contributed by atoms with Crippen molar-refractivity contribution in [3.05, 3.63) is 23.9 Å². The predicted molar refractivity (Wildman–Crippen MR) is 76.3 cm³/mol. The Bertz CT molecular complexity index is 388. The van der Waals surface area contributed by atoms with Crippen molar-refractivity contribution in [2.75, 3.05) is 25.2 Å². The number of nitrogens with zero attached hydrogens (tertiary/aromatic N) is 2. The summed E-state index contributed by atoms with van der Waals surface area (Å²) < 4.78 is 5.20. The first kappa shape index (κ1) is 14.3. The number of aliphatic hydroxyl groups is 1. The zero-order chi connectivity index (χ0) is 13.8. The van der Waals surface area contributed by atoms with Gasteiger partial charge in [-0.25, -0.2) is 4.98 Å². The second kappa shape index (κ2) is 6.35. The van der Waals surface area contributed by atoms with E-state index in [2.05, 4.69) is 16.8 Å². The van der Waals surface area contributed by atoms with E-state index in [4.69, 9.17) is 4.74 Å². The van der Waals surface area contributed by atoms with E-state index in [-0.39, 0.29) is 0 Å². The van der Waals surface area contributed by atoms with Crippen LogP contribution in [0.5, 0.6) is 0 Å². The molecule has 1 fully saturated rings. The Morgan fingerprint density at radius 2 is 2.16 bits per heavy atom. The second-order valence-electron chi connectivity index (χ2n) is 5.39. The molecule has 1 N–H and O–H groups in total. The number of ether oxygens (including phenoxy) is 1. The van der Waals surface area contributed by atoms with Crippen LogP contribution in [0.1, 0.15) is 38.4 Å². The predicted octanol–water partition coefficient (Wildman–Crippen LogP) is 2.39. The Balaban J connectivity index is 2.11. The van der Waals surface area contributed by atoms with Crippen LogP contribution < -0.4 is 4.90 Å². The smallest absolute Gasteiger partial charge is 0.128 e. The number of aliphatic hydroxyl groups excluding tert-OH is 1. The van der Waals surface area contributed by atoms with Gasteiger partial charge in [0.05, 0.1) is 12.7 Å². The maximum atomic E-state index is 9.53. The fourth-order valence-corrected chi connectivity index (χ4v) is 2.36. The van der Waals surface area contributed by atoms with Crippen LogP contribution >= 0.6 is 0 Å². The van der Waals surface area contributed by atoms with Gasteiger partial charge in [0.25, 0.3) is 0 Å². The van der Waals surface area contributed by atoms with Crippen molar-refractivity contribution in [3.8, 4) is 0 Å². The molecule has 0 bridgehead atoms. The van der Waals surface area contributed by atoms with E-state index in [1.54, 1.807) is 20.2 Å². The zero-order valence-corrected chi connectivity index (χ0v) is 12.0. The summed E-state index contributed by atoms with van der Waals surface area (Å²) in [6, 6.07) is 4.45. The van der Waals surface area contributed by atoms with E-state index >= 15 is 0 Å². The molecule has 2 rings (SSSR count). The molecule has 1 saturated carbocycles. The zero-order valence-electron chi connectivity index (χ0n) is 12.0. The van der Waals surface area contributed by atoms with Gasteiger partial charge in [-0.2, -0.15) is 0 Å². The highest BCUT2D eigenvalue weighted by Gasteiger charge is 2.32. The molecule has 1 aromatic rings.